The SMILES string of the molecule is Nc1ccnc(Br)c1C(=O)Nc1ccc(I)cc1. The molecule has 3 N–H and O–H groups in total. The Morgan fingerprint density at radius 1 is 1.28 bits per heavy atom. The van der Waals surface area contributed by atoms with E-state index in [9.17, 15) is 4.79 Å². The van der Waals surface area contributed by atoms with E-state index in [0.29, 0.717) is 15.9 Å². The fraction of sp³-hybridized carbons (Fsp3) is 0. The highest BCUT2D eigenvalue weighted by Crippen LogP contribution is 2.21. The first-order valence-corrected chi connectivity index (χ1v) is 6.92. The summed E-state index contributed by atoms with van der Waals surface area (Å²) in [6.07, 6.45) is 1.54. The first-order chi connectivity index (χ1) is 8.58. The van der Waals surface area contributed by atoms with Crippen molar-refractivity contribution in [3.05, 3.63) is 50.3 Å². The highest BCUT2D eigenvalue weighted by atomic mass is 127. The van der Waals surface area contributed by atoms with E-state index in [0.717, 1.165) is 9.26 Å². The molecule has 1 aromatic carbocycles. The number of nitrogens with one attached hydrogen (secondary N) is 1. The maximum absolute atomic E-state index is 12.1. The first kappa shape index (κ1) is 13.3. The summed E-state index contributed by atoms with van der Waals surface area (Å²) < 4.78 is 1.54. The van der Waals surface area contributed by atoms with E-state index < -0.39 is 0 Å². The number of rotatable bonds is 2. The van der Waals surface area contributed by atoms with Crippen LogP contribution in [-0.2, 0) is 0 Å². The fourth-order valence-electron chi connectivity index (χ4n) is 1.40. The predicted octanol–water partition coefficient (Wildman–Crippen LogP) is 3.28. The molecule has 0 aliphatic carbocycles. The van der Waals surface area contributed by atoms with Crippen molar-refractivity contribution in [3.8, 4) is 0 Å². The molecule has 1 aromatic heterocycles. The largest absolute Gasteiger partial charge is 0.398 e. The zero-order valence-electron chi connectivity index (χ0n) is 9.15. The number of anilines is 2. The minimum atomic E-state index is -0.284. The molecule has 0 fully saturated rings. The quantitative estimate of drug-likeness (QED) is 0.582. The van der Waals surface area contributed by atoms with Gasteiger partial charge in [0, 0.05) is 21.1 Å². The summed E-state index contributed by atoms with van der Waals surface area (Å²) in [5.74, 6) is -0.284. The van der Waals surface area contributed by atoms with Crippen molar-refractivity contribution in [2.45, 2.75) is 0 Å². The number of hydrogen-bond acceptors (Lipinski definition) is 3. The molecule has 4 nitrogen and oxygen atoms in total. The monoisotopic (exact) mass is 417 g/mol. The Morgan fingerprint density at radius 2 is 1.94 bits per heavy atom. The Hall–Kier alpha value is -1.15. The van der Waals surface area contributed by atoms with Crippen LogP contribution in [-0.4, -0.2) is 10.9 Å². The van der Waals surface area contributed by atoms with Gasteiger partial charge in [0.2, 0.25) is 0 Å². The lowest BCUT2D eigenvalue weighted by molar-refractivity contribution is 0.102. The zero-order valence-corrected chi connectivity index (χ0v) is 12.9. The Morgan fingerprint density at radius 3 is 2.56 bits per heavy atom. The van der Waals surface area contributed by atoms with Gasteiger partial charge in [0.1, 0.15) is 4.60 Å². The standard InChI is InChI=1S/C12H9BrIN3O/c13-11-10(9(15)5-6-16-11)12(18)17-8-3-1-7(14)2-4-8/h1-6H,(H2,15,16)(H,17,18). The maximum Gasteiger partial charge on any atom is 0.260 e. The van der Waals surface area contributed by atoms with Crippen LogP contribution in [0.15, 0.2) is 41.1 Å². The molecule has 0 atom stereocenters. The highest BCUT2D eigenvalue weighted by molar-refractivity contribution is 14.1. The number of nitrogen functional groups attached to an aromatic ring is 1. The first-order valence-electron chi connectivity index (χ1n) is 5.05. The molecule has 2 rings (SSSR count). The smallest absolute Gasteiger partial charge is 0.260 e. The van der Waals surface area contributed by atoms with Crippen molar-refractivity contribution < 1.29 is 4.79 Å². The van der Waals surface area contributed by atoms with Crippen LogP contribution in [0, 0.1) is 3.57 Å². The summed E-state index contributed by atoms with van der Waals surface area (Å²) in [7, 11) is 0. The lowest BCUT2D eigenvalue weighted by Gasteiger charge is -2.08. The second-order valence-electron chi connectivity index (χ2n) is 3.53. The highest BCUT2D eigenvalue weighted by Gasteiger charge is 2.14. The van der Waals surface area contributed by atoms with Crippen LogP contribution >= 0.6 is 38.5 Å². The Balaban J connectivity index is 2.25. The molecule has 0 saturated carbocycles. The fourth-order valence-corrected chi connectivity index (χ4v) is 2.29. The van der Waals surface area contributed by atoms with Crippen molar-refractivity contribution in [3.63, 3.8) is 0 Å². The van der Waals surface area contributed by atoms with Gasteiger partial charge in [0.05, 0.1) is 5.56 Å². The average Bonchev–Trinajstić information content (AvgIpc) is 2.32. The topological polar surface area (TPSA) is 68.0 Å². The molecule has 2 aromatic rings. The van der Waals surface area contributed by atoms with Gasteiger partial charge in [0.25, 0.3) is 5.91 Å². The van der Waals surface area contributed by atoms with Gasteiger partial charge in [-0.25, -0.2) is 4.98 Å². The molecule has 0 spiro atoms. The second-order valence-corrected chi connectivity index (χ2v) is 5.52. The molecule has 6 heteroatoms. The van der Waals surface area contributed by atoms with Crippen molar-refractivity contribution in [1.29, 1.82) is 0 Å². The van der Waals surface area contributed by atoms with E-state index in [2.05, 4.69) is 48.8 Å². The van der Waals surface area contributed by atoms with E-state index in [-0.39, 0.29) is 5.91 Å². The van der Waals surface area contributed by atoms with Gasteiger partial charge in [0.15, 0.2) is 0 Å². The van der Waals surface area contributed by atoms with Crippen LogP contribution in [0.5, 0.6) is 0 Å². The molecule has 0 bridgehead atoms. The van der Waals surface area contributed by atoms with Crippen LogP contribution in [0.1, 0.15) is 10.4 Å². The molecule has 0 aliphatic heterocycles. The van der Waals surface area contributed by atoms with Crippen LogP contribution < -0.4 is 11.1 Å². The number of benzene rings is 1. The number of carbonyl (C=O) groups excluding carboxylic acids is 1. The lowest BCUT2D eigenvalue weighted by Crippen LogP contribution is -2.15. The van der Waals surface area contributed by atoms with Gasteiger partial charge >= 0.3 is 0 Å². The molecule has 18 heavy (non-hydrogen) atoms. The summed E-state index contributed by atoms with van der Waals surface area (Å²) >= 11 is 5.42. The van der Waals surface area contributed by atoms with Crippen LogP contribution in [0.4, 0.5) is 11.4 Å². The number of hydrogen-bond donors (Lipinski definition) is 2. The van der Waals surface area contributed by atoms with E-state index >= 15 is 0 Å². The number of halogens is 2. The lowest BCUT2D eigenvalue weighted by atomic mass is 10.2. The summed E-state index contributed by atoms with van der Waals surface area (Å²) in [5, 5.41) is 2.77. The number of carbonyl (C=O) groups is 1. The number of nitrogens with two attached hydrogens (primary N) is 1. The third-order valence-electron chi connectivity index (χ3n) is 2.27. The van der Waals surface area contributed by atoms with Crippen LogP contribution in [0.3, 0.4) is 0 Å². The van der Waals surface area contributed by atoms with Crippen molar-refractivity contribution in [1.82, 2.24) is 4.98 Å². The van der Waals surface area contributed by atoms with Crippen LogP contribution in [0.25, 0.3) is 0 Å². The van der Waals surface area contributed by atoms with E-state index in [1.807, 2.05) is 24.3 Å². The molecule has 92 valence electrons. The van der Waals surface area contributed by atoms with E-state index in [1.165, 1.54) is 0 Å². The third-order valence-corrected chi connectivity index (χ3v) is 3.59. The maximum atomic E-state index is 12.1. The van der Waals surface area contributed by atoms with Gasteiger partial charge in [-0.05, 0) is 68.9 Å². The minimum Gasteiger partial charge on any atom is -0.398 e. The number of aromatic nitrogens is 1. The van der Waals surface area contributed by atoms with E-state index in [1.54, 1.807) is 12.3 Å². The summed E-state index contributed by atoms with van der Waals surface area (Å²) in [6, 6.07) is 9.09. The van der Waals surface area contributed by atoms with Crippen molar-refractivity contribution in [2.75, 3.05) is 11.1 Å². The Labute approximate surface area is 126 Å². The Bertz CT molecular complexity index is 566. The molecule has 0 radical (unpaired) electrons. The molecule has 1 amide bonds. The molecular weight excluding hydrogens is 409 g/mol. The minimum absolute atomic E-state index is 0.284. The van der Waals surface area contributed by atoms with Gasteiger partial charge in [-0.2, -0.15) is 0 Å². The van der Waals surface area contributed by atoms with Crippen molar-refractivity contribution in [2.24, 2.45) is 0 Å². The summed E-state index contributed by atoms with van der Waals surface area (Å²) in [5.41, 5.74) is 7.22. The number of amides is 1. The molecule has 0 unspecified atom stereocenters. The number of nitrogens with zero attached hydrogens (tertiary/aromatic N) is 1. The summed E-state index contributed by atoms with van der Waals surface area (Å²) in [6.45, 7) is 0. The zero-order chi connectivity index (χ0) is 13.1. The predicted molar refractivity (Wildman–Crippen MR) is 83.5 cm³/mol. The molecule has 0 aliphatic rings. The van der Waals surface area contributed by atoms with Gasteiger partial charge in [-0.3, -0.25) is 4.79 Å². The molecular formula is C12H9BrIN3O. The third kappa shape index (κ3) is 2.99. The van der Waals surface area contributed by atoms with Crippen LogP contribution in [0.2, 0.25) is 0 Å². The number of pyridine rings is 1. The van der Waals surface area contributed by atoms with Gasteiger partial charge < -0.3 is 11.1 Å². The van der Waals surface area contributed by atoms with Gasteiger partial charge in [-0.15, -0.1) is 0 Å². The second kappa shape index (κ2) is 5.66. The molecule has 1 heterocycles. The Kier molecular flexibility index (Phi) is 4.18. The summed E-state index contributed by atoms with van der Waals surface area (Å²) in [4.78, 5) is 16.1. The van der Waals surface area contributed by atoms with E-state index in [4.69, 9.17) is 5.73 Å². The average molecular weight is 418 g/mol. The van der Waals surface area contributed by atoms with Gasteiger partial charge in [-0.1, -0.05) is 0 Å². The normalized spacial score (nSPS) is 10.1. The van der Waals surface area contributed by atoms with Crippen molar-refractivity contribution >= 4 is 55.8 Å². The molecule has 0 saturated heterocycles.